The Kier molecular flexibility index (Phi) is 2.81. The van der Waals surface area contributed by atoms with Gasteiger partial charge in [-0.05, 0) is 28.5 Å². The average Bonchev–Trinajstić information content (AvgIpc) is 2.88. The van der Waals surface area contributed by atoms with E-state index in [2.05, 4.69) is 0 Å². The number of rotatable bonds is 3. The topological polar surface area (TPSA) is 69.2 Å². The van der Waals surface area contributed by atoms with Crippen LogP contribution in [0.3, 0.4) is 0 Å². The Morgan fingerprint density at radius 2 is 2.20 bits per heavy atom. The van der Waals surface area contributed by atoms with Gasteiger partial charge in [0.2, 0.25) is 0 Å². The minimum absolute atomic E-state index is 0.135. The predicted octanol–water partition coefficient (Wildman–Crippen LogP) is 2.77. The predicted molar refractivity (Wildman–Crippen MR) is 61.3 cm³/mol. The third kappa shape index (κ3) is 2.06. The number of nitrogens with two attached hydrogens (primary N) is 1. The molecule has 0 aliphatic rings. The Bertz CT molecular complexity index is 464. The molecule has 0 fully saturated rings. The molecule has 6 heteroatoms. The first-order valence-corrected chi connectivity index (χ1v) is 5.96. The molecule has 0 bridgehead atoms. The van der Waals surface area contributed by atoms with Crippen LogP contribution in [0.4, 0.5) is 5.00 Å². The van der Waals surface area contributed by atoms with E-state index < -0.39 is 4.92 Å². The highest BCUT2D eigenvalue weighted by molar-refractivity contribution is 7.15. The molecule has 0 unspecified atom stereocenters. The molecule has 2 rings (SSSR count). The summed E-state index contributed by atoms with van der Waals surface area (Å²) in [6.07, 6.45) is 0. The van der Waals surface area contributed by atoms with E-state index in [4.69, 9.17) is 5.73 Å². The van der Waals surface area contributed by atoms with Crippen LogP contribution in [-0.4, -0.2) is 4.92 Å². The van der Waals surface area contributed by atoms with Crippen molar-refractivity contribution in [2.75, 3.05) is 0 Å². The van der Waals surface area contributed by atoms with Gasteiger partial charge in [0.25, 0.3) is 0 Å². The van der Waals surface area contributed by atoms with Gasteiger partial charge in [-0.1, -0.05) is 11.3 Å². The lowest BCUT2D eigenvalue weighted by Crippen LogP contribution is -2.08. The standard InChI is InChI=1S/C9H8N2O2S2/c10-9(6-3-4-14-5-6)7-1-2-8(15-7)11(12)13/h1-5,9H,10H2/t9-/m1/s1. The molecule has 2 heterocycles. The monoisotopic (exact) mass is 240 g/mol. The van der Waals surface area contributed by atoms with E-state index >= 15 is 0 Å². The molecular formula is C9H8N2O2S2. The van der Waals surface area contributed by atoms with E-state index in [0.717, 1.165) is 21.8 Å². The fourth-order valence-electron chi connectivity index (χ4n) is 1.22. The molecule has 0 radical (unpaired) electrons. The van der Waals surface area contributed by atoms with Crippen LogP contribution in [0.25, 0.3) is 0 Å². The number of nitrogens with zero attached hydrogens (tertiary/aromatic N) is 1. The SMILES string of the molecule is N[C@H](c1ccsc1)c1ccc([N+](=O)[O-])s1. The summed E-state index contributed by atoms with van der Waals surface area (Å²) in [5.41, 5.74) is 6.97. The molecule has 0 amide bonds. The summed E-state index contributed by atoms with van der Waals surface area (Å²) in [6, 6.07) is 4.88. The molecule has 0 saturated heterocycles. The van der Waals surface area contributed by atoms with Crippen molar-refractivity contribution in [1.82, 2.24) is 0 Å². The molecule has 0 spiro atoms. The van der Waals surface area contributed by atoms with Gasteiger partial charge in [0.05, 0.1) is 11.0 Å². The van der Waals surface area contributed by atoms with Crippen LogP contribution in [0.5, 0.6) is 0 Å². The highest BCUT2D eigenvalue weighted by atomic mass is 32.1. The van der Waals surface area contributed by atoms with Crippen LogP contribution in [-0.2, 0) is 0 Å². The van der Waals surface area contributed by atoms with Gasteiger partial charge in [-0.15, -0.1) is 0 Å². The smallest absolute Gasteiger partial charge is 0.320 e. The number of thiophene rings is 2. The zero-order valence-electron chi connectivity index (χ0n) is 7.62. The quantitative estimate of drug-likeness (QED) is 0.662. The third-order valence-corrected chi connectivity index (χ3v) is 3.82. The lowest BCUT2D eigenvalue weighted by molar-refractivity contribution is -0.380. The summed E-state index contributed by atoms with van der Waals surface area (Å²) >= 11 is 2.69. The molecule has 0 saturated carbocycles. The first kappa shape index (κ1) is 10.3. The van der Waals surface area contributed by atoms with Crippen LogP contribution < -0.4 is 5.73 Å². The molecule has 0 aromatic carbocycles. The van der Waals surface area contributed by atoms with Gasteiger partial charge < -0.3 is 5.73 Å². The van der Waals surface area contributed by atoms with Gasteiger partial charge in [-0.2, -0.15) is 11.3 Å². The van der Waals surface area contributed by atoms with Crippen molar-refractivity contribution in [2.45, 2.75) is 6.04 Å². The molecule has 1 atom stereocenters. The highest BCUT2D eigenvalue weighted by Gasteiger charge is 2.16. The minimum atomic E-state index is -0.394. The molecule has 0 aliphatic heterocycles. The number of hydrogen-bond acceptors (Lipinski definition) is 5. The summed E-state index contributed by atoms with van der Waals surface area (Å²) in [5, 5.41) is 14.5. The summed E-state index contributed by atoms with van der Waals surface area (Å²) < 4.78 is 0. The Hall–Kier alpha value is -1.24. The summed E-state index contributed by atoms with van der Waals surface area (Å²) in [6.45, 7) is 0. The van der Waals surface area contributed by atoms with Gasteiger partial charge in [0, 0.05) is 10.9 Å². The van der Waals surface area contributed by atoms with Gasteiger partial charge in [-0.3, -0.25) is 10.1 Å². The molecule has 2 N–H and O–H groups in total. The van der Waals surface area contributed by atoms with Gasteiger partial charge in [0.1, 0.15) is 0 Å². The second-order valence-electron chi connectivity index (χ2n) is 2.97. The van der Waals surface area contributed by atoms with E-state index in [1.165, 1.54) is 6.07 Å². The fourth-order valence-corrected chi connectivity index (χ4v) is 2.77. The second-order valence-corrected chi connectivity index (χ2v) is 4.84. The first-order valence-electron chi connectivity index (χ1n) is 4.20. The fraction of sp³-hybridized carbons (Fsp3) is 0.111. The van der Waals surface area contributed by atoms with Crippen LogP contribution in [0.15, 0.2) is 29.0 Å². The summed E-state index contributed by atoms with van der Waals surface area (Å²) in [5.74, 6) is 0. The Morgan fingerprint density at radius 1 is 1.40 bits per heavy atom. The minimum Gasteiger partial charge on any atom is -0.320 e. The molecule has 2 aromatic rings. The molecule has 4 nitrogen and oxygen atoms in total. The van der Waals surface area contributed by atoms with Crippen LogP contribution in [0.1, 0.15) is 16.5 Å². The third-order valence-electron chi connectivity index (χ3n) is 2.00. The van der Waals surface area contributed by atoms with E-state index in [-0.39, 0.29) is 11.0 Å². The number of nitro groups is 1. The van der Waals surface area contributed by atoms with Gasteiger partial charge in [-0.25, -0.2) is 0 Å². The van der Waals surface area contributed by atoms with E-state index in [0.29, 0.717) is 0 Å². The molecule has 78 valence electrons. The zero-order chi connectivity index (χ0) is 10.8. The Labute approximate surface area is 94.1 Å². The van der Waals surface area contributed by atoms with Crippen LogP contribution >= 0.6 is 22.7 Å². The normalized spacial score (nSPS) is 12.6. The van der Waals surface area contributed by atoms with Crippen LogP contribution in [0, 0.1) is 10.1 Å². The van der Waals surface area contributed by atoms with Crippen molar-refractivity contribution >= 4 is 27.7 Å². The van der Waals surface area contributed by atoms with E-state index in [1.807, 2.05) is 16.8 Å². The Morgan fingerprint density at radius 3 is 2.73 bits per heavy atom. The van der Waals surface area contributed by atoms with E-state index in [1.54, 1.807) is 17.4 Å². The summed E-state index contributed by atoms with van der Waals surface area (Å²) in [7, 11) is 0. The Balaban J connectivity index is 2.26. The second kappa shape index (κ2) is 4.09. The zero-order valence-corrected chi connectivity index (χ0v) is 9.25. The van der Waals surface area contributed by atoms with Crippen molar-refractivity contribution in [3.05, 3.63) is 49.5 Å². The van der Waals surface area contributed by atoms with Crippen LogP contribution in [0.2, 0.25) is 0 Å². The maximum Gasteiger partial charge on any atom is 0.324 e. The van der Waals surface area contributed by atoms with Crippen molar-refractivity contribution in [2.24, 2.45) is 5.73 Å². The van der Waals surface area contributed by atoms with E-state index in [9.17, 15) is 10.1 Å². The largest absolute Gasteiger partial charge is 0.324 e. The highest BCUT2D eigenvalue weighted by Crippen LogP contribution is 2.31. The van der Waals surface area contributed by atoms with Gasteiger partial charge in [0.15, 0.2) is 0 Å². The summed E-state index contributed by atoms with van der Waals surface area (Å²) in [4.78, 5) is 10.9. The lowest BCUT2D eigenvalue weighted by Gasteiger charge is -2.05. The maximum absolute atomic E-state index is 10.5. The molecule has 0 aliphatic carbocycles. The van der Waals surface area contributed by atoms with Crippen molar-refractivity contribution in [3.63, 3.8) is 0 Å². The van der Waals surface area contributed by atoms with Crippen molar-refractivity contribution in [3.8, 4) is 0 Å². The van der Waals surface area contributed by atoms with Gasteiger partial charge >= 0.3 is 5.00 Å². The van der Waals surface area contributed by atoms with Crippen molar-refractivity contribution in [1.29, 1.82) is 0 Å². The molecule has 15 heavy (non-hydrogen) atoms. The lowest BCUT2D eigenvalue weighted by atomic mass is 10.1. The first-order chi connectivity index (χ1) is 7.18. The average molecular weight is 240 g/mol. The van der Waals surface area contributed by atoms with Crippen molar-refractivity contribution < 1.29 is 4.92 Å². The molecule has 2 aromatic heterocycles. The molecular weight excluding hydrogens is 232 g/mol. The number of hydrogen-bond donors (Lipinski definition) is 1. The maximum atomic E-state index is 10.5.